The van der Waals surface area contributed by atoms with Crippen LogP contribution in [0.5, 0.6) is 0 Å². The van der Waals surface area contributed by atoms with Crippen LogP contribution < -0.4 is 5.32 Å². The Bertz CT molecular complexity index is 350. The summed E-state index contributed by atoms with van der Waals surface area (Å²) in [5, 5.41) is 4.53. The first-order chi connectivity index (χ1) is 8.31. The number of anilines is 1. The van der Waals surface area contributed by atoms with Crippen molar-refractivity contribution in [1.82, 2.24) is 14.9 Å². The number of hydrogen-bond acceptors (Lipinski definition) is 5. The van der Waals surface area contributed by atoms with Crippen LogP contribution in [0.25, 0.3) is 0 Å². The smallest absolute Gasteiger partial charge is 0.130 e. The summed E-state index contributed by atoms with van der Waals surface area (Å²) in [5.41, 5.74) is 0. The highest BCUT2D eigenvalue weighted by atomic mass is 32.2. The Hall–Kier alpha value is -0.810. The molecule has 0 atom stereocenters. The molecule has 0 unspecified atom stereocenters. The minimum Gasteiger partial charge on any atom is -0.367 e. The number of piperidine rings is 1. The molecule has 0 amide bonds. The molecule has 0 radical (unpaired) electrons. The van der Waals surface area contributed by atoms with E-state index in [1.54, 1.807) is 18.1 Å². The van der Waals surface area contributed by atoms with Crippen LogP contribution in [0.15, 0.2) is 17.4 Å². The summed E-state index contributed by atoms with van der Waals surface area (Å²) in [5.74, 6) is 0.958. The topological polar surface area (TPSA) is 41.0 Å². The normalized spacial score (nSPS) is 18.2. The van der Waals surface area contributed by atoms with Crippen LogP contribution in [0.3, 0.4) is 0 Å². The molecule has 0 aromatic carbocycles. The number of hydrogen-bond donors (Lipinski definition) is 1. The number of aromatic nitrogens is 2. The molecule has 5 heteroatoms. The molecular formula is C12H20N4S. The molecule has 0 bridgehead atoms. The predicted octanol–water partition coefficient (Wildman–Crippen LogP) is 2.09. The summed E-state index contributed by atoms with van der Waals surface area (Å²) in [6.45, 7) is 5.77. The van der Waals surface area contributed by atoms with Crippen LogP contribution in [0.2, 0.25) is 0 Å². The van der Waals surface area contributed by atoms with Gasteiger partial charge >= 0.3 is 0 Å². The van der Waals surface area contributed by atoms with E-state index < -0.39 is 0 Å². The van der Waals surface area contributed by atoms with Crippen molar-refractivity contribution in [2.24, 2.45) is 0 Å². The molecule has 94 valence electrons. The average molecular weight is 252 g/mol. The highest BCUT2D eigenvalue weighted by Gasteiger charge is 2.17. The number of rotatable bonds is 4. The van der Waals surface area contributed by atoms with Crippen molar-refractivity contribution in [2.45, 2.75) is 30.8 Å². The molecule has 0 saturated carbocycles. The molecule has 1 saturated heterocycles. The molecular weight excluding hydrogens is 232 g/mol. The minimum atomic E-state index is 0.558. The first kappa shape index (κ1) is 12.6. The van der Waals surface area contributed by atoms with Crippen molar-refractivity contribution in [3.05, 3.63) is 12.4 Å². The maximum Gasteiger partial charge on any atom is 0.130 e. The first-order valence-electron chi connectivity index (χ1n) is 6.16. The lowest BCUT2D eigenvalue weighted by Gasteiger charge is -2.31. The van der Waals surface area contributed by atoms with Gasteiger partial charge in [-0.3, -0.25) is 0 Å². The third-order valence-corrected chi connectivity index (χ3v) is 3.88. The van der Waals surface area contributed by atoms with Gasteiger partial charge in [-0.25, -0.2) is 9.97 Å². The van der Waals surface area contributed by atoms with Crippen molar-refractivity contribution < 1.29 is 0 Å². The van der Waals surface area contributed by atoms with E-state index in [1.165, 1.54) is 25.9 Å². The SMILES string of the molecule is CCN1CCC(Nc2cc(SC)ncn2)CC1. The lowest BCUT2D eigenvalue weighted by atomic mass is 10.1. The van der Waals surface area contributed by atoms with Gasteiger partial charge in [0.15, 0.2) is 0 Å². The van der Waals surface area contributed by atoms with Crippen molar-refractivity contribution in [2.75, 3.05) is 31.2 Å². The molecule has 2 heterocycles. The maximum absolute atomic E-state index is 4.27. The maximum atomic E-state index is 4.27. The van der Waals surface area contributed by atoms with Gasteiger partial charge in [0.25, 0.3) is 0 Å². The molecule has 1 fully saturated rings. The molecule has 1 aromatic rings. The summed E-state index contributed by atoms with van der Waals surface area (Å²) in [6.07, 6.45) is 6.07. The van der Waals surface area contributed by atoms with E-state index in [1.807, 2.05) is 12.3 Å². The molecule has 17 heavy (non-hydrogen) atoms. The van der Waals surface area contributed by atoms with Crippen LogP contribution >= 0.6 is 11.8 Å². The predicted molar refractivity (Wildman–Crippen MR) is 72.6 cm³/mol. The van der Waals surface area contributed by atoms with Crippen LogP contribution in [0.1, 0.15) is 19.8 Å². The molecule has 0 aliphatic carbocycles. The highest BCUT2D eigenvalue weighted by molar-refractivity contribution is 7.98. The van der Waals surface area contributed by atoms with Gasteiger partial charge in [-0.1, -0.05) is 6.92 Å². The van der Waals surface area contributed by atoms with Gasteiger partial charge in [0.05, 0.1) is 0 Å². The Morgan fingerprint density at radius 1 is 1.41 bits per heavy atom. The summed E-state index contributed by atoms with van der Waals surface area (Å²) < 4.78 is 0. The van der Waals surface area contributed by atoms with Gasteiger partial charge in [-0.05, 0) is 25.6 Å². The number of nitrogens with one attached hydrogen (secondary N) is 1. The highest BCUT2D eigenvalue weighted by Crippen LogP contribution is 2.18. The van der Waals surface area contributed by atoms with Crippen LogP contribution in [-0.4, -0.2) is 46.8 Å². The van der Waals surface area contributed by atoms with E-state index >= 15 is 0 Å². The molecule has 4 nitrogen and oxygen atoms in total. The quantitative estimate of drug-likeness (QED) is 0.656. The summed E-state index contributed by atoms with van der Waals surface area (Å²) in [6, 6.07) is 2.58. The Morgan fingerprint density at radius 2 is 2.18 bits per heavy atom. The van der Waals surface area contributed by atoms with Gasteiger partial charge in [0, 0.05) is 25.2 Å². The van der Waals surface area contributed by atoms with E-state index in [0.29, 0.717) is 6.04 Å². The van der Waals surface area contributed by atoms with Crippen LogP contribution in [0, 0.1) is 0 Å². The van der Waals surface area contributed by atoms with Crippen molar-refractivity contribution in [3.63, 3.8) is 0 Å². The molecule has 1 aliphatic heterocycles. The molecule has 2 rings (SSSR count). The van der Waals surface area contributed by atoms with Gasteiger partial charge in [-0.2, -0.15) is 0 Å². The average Bonchev–Trinajstić information content (AvgIpc) is 2.40. The molecule has 1 aromatic heterocycles. The van der Waals surface area contributed by atoms with Crippen molar-refractivity contribution >= 4 is 17.6 Å². The zero-order valence-electron chi connectivity index (χ0n) is 10.5. The van der Waals surface area contributed by atoms with Gasteiger partial charge in [-0.15, -0.1) is 11.8 Å². The Balaban J connectivity index is 1.88. The molecule has 1 aliphatic rings. The van der Waals surface area contributed by atoms with Gasteiger partial charge < -0.3 is 10.2 Å². The zero-order chi connectivity index (χ0) is 12.1. The monoisotopic (exact) mass is 252 g/mol. The van der Waals surface area contributed by atoms with E-state index in [-0.39, 0.29) is 0 Å². The number of likely N-dealkylation sites (tertiary alicyclic amines) is 1. The molecule has 1 N–H and O–H groups in total. The molecule has 0 spiro atoms. The van der Waals surface area contributed by atoms with E-state index in [0.717, 1.165) is 17.4 Å². The lowest BCUT2D eigenvalue weighted by Crippen LogP contribution is -2.39. The fraction of sp³-hybridized carbons (Fsp3) is 0.667. The summed E-state index contributed by atoms with van der Waals surface area (Å²) in [4.78, 5) is 10.9. The number of nitrogens with zero attached hydrogens (tertiary/aromatic N) is 3. The van der Waals surface area contributed by atoms with Gasteiger partial charge in [0.1, 0.15) is 17.2 Å². The standard InChI is InChI=1S/C12H20N4S/c1-3-16-6-4-10(5-7-16)15-11-8-12(17-2)14-9-13-11/h8-10H,3-7H2,1-2H3,(H,13,14,15). The van der Waals surface area contributed by atoms with Gasteiger partial charge in [0.2, 0.25) is 0 Å². The summed E-state index contributed by atoms with van der Waals surface area (Å²) >= 11 is 1.65. The second-order valence-electron chi connectivity index (χ2n) is 4.30. The summed E-state index contributed by atoms with van der Waals surface area (Å²) in [7, 11) is 0. The third kappa shape index (κ3) is 3.57. The van der Waals surface area contributed by atoms with E-state index in [2.05, 4.69) is 27.1 Å². The second kappa shape index (κ2) is 6.21. The van der Waals surface area contributed by atoms with Crippen molar-refractivity contribution in [1.29, 1.82) is 0 Å². The largest absolute Gasteiger partial charge is 0.367 e. The Labute approximate surface area is 107 Å². The third-order valence-electron chi connectivity index (χ3n) is 3.24. The fourth-order valence-electron chi connectivity index (χ4n) is 2.13. The second-order valence-corrected chi connectivity index (χ2v) is 5.13. The van der Waals surface area contributed by atoms with Crippen LogP contribution in [-0.2, 0) is 0 Å². The number of thioether (sulfide) groups is 1. The zero-order valence-corrected chi connectivity index (χ0v) is 11.3. The van der Waals surface area contributed by atoms with Crippen LogP contribution in [0.4, 0.5) is 5.82 Å². The van der Waals surface area contributed by atoms with E-state index in [9.17, 15) is 0 Å². The first-order valence-corrected chi connectivity index (χ1v) is 7.39. The lowest BCUT2D eigenvalue weighted by molar-refractivity contribution is 0.229. The Kier molecular flexibility index (Phi) is 4.62. The minimum absolute atomic E-state index is 0.558. The van der Waals surface area contributed by atoms with Crippen molar-refractivity contribution in [3.8, 4) is 0 Å². The van der Waals surface area contributed by atoms with E-state index in [4.69, 9.17) is 0 Å². The fourth-order valence-corrected chi connectivity index (χ4v) is 2.51. The Morgan fingerprint density at radius 3 is 2.82 bits per heavy atom.